The zero-order chi connectivity index (χ0) is 16.4. The fourth-order valence-corrected chi connectivity index (χ4v) is 3.83. The van der Waals surface area contributed by atoms with E-state index in [1.165, 1.54) is 0 Å². The minimum atomic E-state index is -1.54. The largest absolute Gasteiger partial charge is 0.486 e. The molecule has 2 unspecified atom stereocenters. The normalized spacial score (nSPS) is 17.5. The summed E-state index contributed by atoms with van der Waals surface area (Å²) in [6, 6.07) is 12.5. The molecule has 0 saturated heterocycles. The minimum Gasteiger partial charge on any atom is -0.486 e. The smallest absolute Gasteiger partial charge is 0.316 e. The van der Waals surface area contributed by atoms with Crippen molar-refractivity contribution >= 4 is 28.4 Å². The van der Waals surface area contributed by atoms with Gasteiger partial charge in [0, 0.05) is 9.92 Å². The number of benzene rings is 2. The molecule has 1 aliphatic rings. The molecule has 0 amide bonds. The zero-order valence-corrected chi connectivity index (χ0v) is 13.8. The lowest BCUT2D eigenvalue weighted by molar-refractivity contribution is -0.133. The van der Waals surface area contributed by atoms with Gasteiger partial charge in [0.05, 0.1) is 10.8 Å². The summed E-state index contributed by atoms with van der Waals surface area (Å²) in [5, 5.41) is 9.45. The van der Waals surface area contributed by atoms with Crippen molar-refractivity contribution in [3.63, 3.8) is 0 Å². The van der Waals surface area contributed by atoms with E-state index in [0.717, 1.165) is 29.0 Å². The van der Waals surface area contributed by atoms with Gasteiger partial charge in [-0.25, -0.2) is 0 Å². The van der Waals surface area contributed by atoms with Gasteiger partial charge in [0.25, 0.3) is 0 Å². The zero-order valence-electron chi connectivity index (χ0n) is 12.2. The van der Waals surface area contributed by atoms with Gasteiger partial charge in [0.2, 0.25) is 0 Å². The van der Waals surface area contributed by atoms with E-state index in [2.05, 4.69) is 0 Å². The highest BCUT2D eigenvalue weighted by Gasteiger charge is 2.25. The van der Waals surface area contributed by atoms with Crippen LogP contribution in [0.3, 0.4) is 0 Å². The van der Waals surface area contributed by atoms with Gasteiger partial charge in [0.1, 0.15) is 17.6 Å². The van der Waals surface area contributed by atoms with Crippen LogP contribution >= 0.6 is 11.6 Å². The Morgan fingerprint density at radius 3 is 2.70 bits per heavy atom. The summed E-state index contributed by atoms with van der Waals surface area (Å²) in [6.45, 7) is 0. The SMILES string of the molecule is O=C(O)CS(=O)c1ccc(OC2CCc3c(Cl)cccc32)cc1. The molecule has 0 bridgehead atoms. The molecule has 23 heavy (non-hydrogen) atoms. The number of carboxylic acids is 1. The second-order valence-corrected chi connectivity index (χ2v) is 7.17. The van der Waals surface area contributed by atoms with E-state index in [1.807, 2.05) is 18.2 Å². The van der Waals surface area contributed by atoms with Crippen molar-refractivity contribution in [1.82, 2.24) is 0 Å². The molecule has 4 nitrogen and oxygen atoms in total. The molecular formula is C17H15ClO4S. The number of hydrogen-bond donors (Lipinski definition) is 1. The summed E-state index contributed by atoms with van der Waals surface area (Å²) in [7, 11) is -1.54. The van der Waals surface area contributed by atoms with Crippen LogP contribution < -0.4 is 4.74 Å². The van der Waals surface area contributed by atoms with Crippen LogP contribution in [0.2, 0.25) is 5.02 Å². The summed E-state index contributed by atoms with van der Waals surface area (Å²) < 4.78 is 17.8. The van der Waals surface area contributed by atoms with Gasteiger partial charge in [-0.15, -0.1) is 0 Å². The van der Waals surface area contributed by atoms with Crippen LogP contribution in [-0.4, -0.2) is 21.0 Å². The second kappa shape index (κ2) is 6.72. The fourth-order valence-electron chi connectivity index (χ4n) is 2.72. The van der Waals surface area contributed by atoms with Gasteiger partial charge >= 0.3 is 5.97 Å². The van der Waals surface area contributed by atoms with Gasteiger partial charge in [-0.1, -0.05) is 23.7 Å². The van der Waals surface area contributed by atoms with E-state index in [0.29, 0.717) is 10.6 Å². The van der Waals surface area contributed by atoms with Crippen LogP contribution in [0, 0.1) is 0 Å². The third-order valence-corrected chi connectivity index (χ3v) is 5.44. The Bertz CT molecular complexity index is 758. The highest BCUT2D eigenvalue weighted by molar-refractivity contribution is 7.85. The maximum absolute atomic E-state index is 11.8. The summed E-state index contributed by atoms with van der Waals surface area (Å²) in [6.07, 6.45) is 1.71. The number of carbonyl (C=O) groups is 1. The second-order valence-electron chi connectivity index (χ2n) is 5.31. The fraction of sp³-hybridized carbons (Fsp3) is 0.235. The molecule has 0 saturated carbocycles. The Labute approximate surface area is 141 Å². The first-order valence-electron chi connectivity index (χ1n) is 7.19. The van der Waals surface area contributed by atoms with Crippen molar-refractivity contribution in [2.75, 3.05) is 5.75 Å². The number of carboxylic acid groups (broad SMARTS) is 1. The first-order valence-corrected chi connectivity index (χ1v) is 8.88. The molecule has 2 atom stereocenters. The highest BCUT2D eigenvalue weighted by Crippen LogP contribution is 2.38. The van der Waals surface area contributed by atoms with E-state index in [9.17, 15) is 9.00 Å². The number of rotatable bonds is 5. The molecule has 2 aromatic rings. The molecule has 6 heteroatoms. The van der Waals surface area contributed by atoms with Crippen LogP contribution in [0.15, 0.2) is 47.4 Å². The maximum Gasteiger partial charge on any atom is 0.316 e. The van der Waals surface area contributed by atoms with Crippen molar-refractivity contribution in [2.24, 2.45) is 0 Å². The summed E-state index contributed by atoms with van der Waals surface area (Å²) in [5.41, 5.74) is 2.24. The average molecular weight is 351 g/mol. The first kappa shape index (κ1) is 16.0. The van der Waals surface area contributed by atoms with Gasteiger partial charge in [-0.3, -0.25) is 9.00 Å². The monoisotopic (exact) mass is 350 g/mol. The molecule has 0 heterocycles. The van der Waals surface area contributed by atoms with Gasteiger partial charge < -0.3 is 9.84 Å². The third-order valence-electron chi connectivity index (χ3n) is 3.78. The summed E-state index contributed by atoms with van der Waals surface area (Å²) >= 11 is 6.20. The van der Waals surface area contributed by atoms with Gasteiger partial charge in [-0.2, -0.15) is 0 Å². The Morgan fingerprint density at radius 1 is 1.26 bits per heavy atom. The first-order chi connectivity index (χ1) is 11.0. The Balaban J connectivity index is 1.72. The number of hydrogen-bond acceptors (Lipinski definition) is 3. The molecule has 1 N–H and O–H groups in total. The predicted molar refractivity (Wildman–Crippen MR) is 88.5 cm³/mol. The third kappa shape index (κ3) is 3.57. The molecule has 1 aliphatic carbocycles. The molecule has 0 fully saturated rings. The number of aliphatic carboxylic acids is 1. The summed E-state index contributed by atoms with van der Waals surface area (Å²) in [4.78, 5) is 11.1. The topological polar surface area (TPSA) is 63.6 Å². The molecule has 3 rings (SSSR count). The Kier molecular flexibility index (Phi) is 4.68. The van der Waals surface area contributed by atoms with E-state index >= 15 is 0 Å². The number of ether oxygens (including phenoxy) is 1. The van der Waals surface area contributed by atoms with Crippen molar-refractivity contribution in [3.8, 4) is 5.75 Å². The molecule has 2 aromatic carbocycles. The highest BCUT2D eigenvalue weighted by atomic mass is 35.5. The quantitative estimate of drug-likeness (QED) is 0.894. The van der Waals surface area contributed by atoms with Gasteiger partial charge in [-0.05, 0) is 54.3 Å². The molecule has 0 spiro atoms. The number of halogens is 1. The van der Waals surface area contributed by atoms with Crippen molar-refractivity contribution < 1.29 is 18.8 Å². The van der Waals surface area contributed by atoms with Gasteiger partial charge in [0.15, 0.2) is 0 Å². The molecule has 0 aromatic heterocycles. The van der Waals surface area contributed by atoms with Crippen molar-refractivity contribution in [2.45, 2.75) is 23.8 Å². The molecule has 0 aliphatic heterocycles. The van der Waals surface area contributed by atoms with E-state index in [1.54, 1.807) is 24.3 Å². The maximum atomic E-state index is 11.8. The van der Waals surface area contributed by atoms with Crippen LogP contribution in [-0.2, 0) is 22.0 Å². The lowest BCUT2D eigenvalue weighted by Gasteiger charge is -2.15. The average Bonchev–Trinajstić information content (AvgIpc) is 2.92. The van der Waals surface area contributed by atoms with Crippen molar-refractivity contribution in [3.05, 3.63) is 58.6 Å². The van der Waals surface area contributed by atoms with Crippen LogP contribution in [0.5, 0.6) is 5.75 Å². The van der Waals surface area contributed by atoms with E-state index < -0.39 is 22.5 Å². The van der Waals surface area contributed by atoms with Crippen molar-refractivity contribution in [1.29, 1.82) is 0 Å². The standard InChI is InChI=1S/C17H15ClO4S/c18-15-3-1-2-14-13(15)8-9-16(14)22-11-4-6-12(7-5-11)23(21)10-17(19)20/h1-7,16H,8-10H2,(H,19,20). The van der Waals surface area contributed by atoms with Crippen LogP contribution in [0.25, 0.3) is 0 Å². The van der Waals surface area contributed by atoms with Crippen LogP contribution in [0.1, 0.15) is 23.7 Å². The molecule has 0 radical (unpaired) electrons. The van der Waals surface area contributed by atoms with Crippen LogP contribution in [0.4, 0.5) is 0 Å². The Morgan fingerprint density at radius 2 is 2.00 bits per heavy atom. The van der Waals surface area contributed by atoms with E-state index in [-0.39, 0.29) is 6.10 Å². The molecule has 120 valence electrons. The predicted octanol–water partition coefficient (Wildman–Crippen LogP) is 3.60. The summed E-state index contributed by atoms with van der Waals surface area (Å²) in [5.74, 6) is -0.809. The number of fused-ring (bicyclic) bond motifs is 1. The van der Waals surface area contributed by atoms with E-state index in [4.69, 9.17) is 21.4 Å². The lowest BCUT2D eigenvalue weighted by atomic mass is 10.1. The molecular weight excluding hydrogens is 336 g/mol. The minimum absolute atomic E-state index is 0.0425. The Hall–Kier alpha value is -1.85. The lowest BCUT2D eigenvalue weighted by Crippen LogP contribution is -2.09.